The highest BCUT2D eigenvalue weighted by Crippen LogP contribution is 2.30. The topological polar surface area (TPSA) is 57.8 Å². The van der Waals surface area contributed by atoms with Gasteiger partial charge in [0.2, 0.25) is 0 Å². The van der Waals surface area contributed by atoms with Crippen molar-refractivity contribution in [1.82, 2.24) is 24.5 Å². The number of methoxy groups -OCH3 is 1. The third kappa shape index (κ3) is 3.06. The van der Waals surface area contributed by atoms with E-state index in [1.165, 1.54) is 24.0 Å². The van der Waals surface area contributed by atoms with E-state index in [9.17, 15) is 0 Å². The third-order valence-corrected chi connectivity index (χ3v) is 5.44. The maximum atomic E-state index is 5.65. The number of nitrogens with zero attached hydrogens (tertiary/aromatic N) is 5. The molecule has 2 heterocycles. The summed E-state index contributed by atoms with van der Waals surface area (Å²) in [5, 5.41) is 8.77. The zero-order valence-electron chi connectivity index (χ0n) is 15.1. The van der Waals surface area contributed by atoms with Crippen molar-refractivity contribution >= 4 is 11.0 Å². The highest BCUT2D eigenvalue weighted by molar-refractivity contribution is 5.77. The molecule has 2 aromatic heterocycles. The molecular formula is C19H25N5O. The molecular weight excluding hydrogens is 314 g/mol. The fourth-order valence-electron chi connectivity index (χ4n) is 3.82. The van der Waals surface area contributed by atoms with E-state index in [1.54, 1.807) is 7.11 Å². The van der Waals surface area contributed by atoms with Gasteiger partial charge in [0.05, 0.1) is 42.2 Å². The first-order valence-corrected chi connectivity index (χ1v) is 9.01. The molecule has 1 fully saturated rings. The molecule has 0 unspecified atom stereocenters. The van der Waals surface area contributed by atoms with Gasteiger partial charge in [-0.1, -0.05) is 18.1 Å². The molecule has 0 N–H and O–H groups in total. The zero-order chi connectivity index (χ0) is 17.4. The van der Waals surface area contributed by atoms with E-state index in [-0.39, 0.29) is 6.10 Å². The van der Waals surface area contributed by atoms with Gasteiger partial charge in [-0.2, -0.15) is 0 Å². The van der Waals surface area contributed by atoms with E-state index in [0.29, 0.717) is 12.6 Å². The smallest absolute Gasteiger partial charge is 0.102 e. The molecule has 0 saturated heterocycles. The summed E-state index contributed by atoms with van der Waals surface area (Å²) in [6, 6.07) is 4.64. The SMILES string of the molecule is CO[C@@H]1CCCC[C@H]1n1cc(Cn2cnc3cc(C)c(C)cc32)nn1. The molecule has 0 amide bonds. The van der Waals surface area contributed by atoms with Crippen molar-refractivity contribution < 1.29 is 4.74 Å². The van der Waals surface area contributed by atoms with Crippen molar-refractivity contribution in [3.63, 3.8) is 0 Å². The average molecular weight is 339 g/mol. The minimum atomic E-state index is 0.239. The van der Waals surface area contributed by atoms with Gasteiger partial charge >= 0.3 is 0 Å². The van der Waals surface area contributed by atoms with Crippen molar-refractivity contribution in [1.29, 1.82) is 0 Å². The van der Waals surface area contributed by atoms with Crippen LogP contribution in [0.3, 0.4) is 0 Å². The first kappa shape index (κ1) is 16.3. The first-order valence-electron chi connectivity index (χ1n) is 9.01. The Morgan fingerprint density at radius 2 is 1.96 bits per heavy atom. The van der Waals surface area contributed by atoms with Crippen molar-refractivity contribution in [2.24, 2.45) is 0 Å². The molecule has 25 heavy (non-hydrogen) atoms. The van der Waals surface area contributed by atoms with E-state index in [2.05, 4.69) is 52.0 Å². The lowest BCUT2D eigenvalue weighted by Crippen LogP contribution is -2.29. The van der Waals surface area contributed by atoms with Crippen LogP contribution in [0.5, 0.6) is 0 Å². The summed E-state index contributed by atoms with van der Waals surface area (Å²) in [6.45, 7) is 4.94. The van der Waals surface area contributed by atoms with Gasteiger partial charge in [0.25, 0.3) is 0 Å². The minimum Gasteiger partial charge on any atom is -0.379 e. The molecule has 6 heteroatoms. The number of imidazole rings is 1. The number of aromatic nitrogens is 5. The second-order valence-corrected chi connectivity index (χ2v) is 7.11. The van der Waals surface area contributed by atoms with Crippen LogP contribution >= 0.6 is 0 Å². The normalized spacial score (nSPS) is 21.1. The Morgan fingerprint density at radius 3 is 2.80 bits per heavy atom. The van der Waals surface area contributed by atoms with Crippen molar-refractivity contribution in [3.8, 4) is 0 Å². The lowest BCUT2D eigenvalue weighted by molar-refractivity contribution is 0.0239. The maximum Gasteiger partial charge on any atom is 0.102 e. The van der Waals surface area contributed by atoms with E-state index in [1.807, 2.05) is 11.0 Å². The molecule has 1 aliphatic rings. The van der Waals surface area contributed by atoms with Gasteiger partial charge in [-0.3, -0.25) is 0 Å². The van der Waals surface area contributed by atoms with Gasteiger partial charge in [-0.05, 0) is 49.9 Å². The summed E-state index contributed by atoms with van der Waals surface area (Å²) in [6.07, 6.45) is 8.86. The molecule has 0 aliphatic heterocycles. The van der Waals surface area contributed by atoms with Gasteiger partial charge in [0.15, 0.2) is 0 Å². The molecule has 1 aromatic carbocycles. The van der Waals surface area contributed by atoms with Crippen LogP contribution in [0.25, 0.3) is 11.0 Å². The van der Waals surface area contributed by atoms with Crippen molar-refractivity contribution in [3.05, 3.63) is 41.5 Å². The minimum absolute atomic E-state index is 0.239. The molecule has 132 valence electrons. The lowest BCUT2D eigenvalue weighted by atomic mass is 9.92. The maximum absolute atomic E-state index is 5.65. The third-order valence-electron chi connectivity index (χ3n) is 5.44. The second-order valence-electron chi connectivity index (χ2n) is 7.11. The summed E-state index contributed by atoms with van der Waals surface area (Å²) in [5.41, 5.74) is 5.68. The Hall–Kier alpha value is -2.21. The standard InChI is InChI=1S/C19H25N5O/c1-13-8-16-18(9-14(13)2)23(12-20-16)10-15-11-24(22-21-15)17-6-4-5-7-19(17)25-3/h8-9,11-12,17,19H,4-7,10H2,1-3H3/t17-,19-/m1/s1. The Labute approximate surface area is 147 Å². The van der Waals surface area contributed by atoms with Crippen LogP contribution < -0.4 is 0 Å². The molecule has 3 aromatic rings. The summed E-state index contributed by atoms with van der Waals surface area (Å²) in [5.74, 6) is 0. The molecule has 0 bridgehead atoms. The van der Waals surface area contributed by atoms with Crippen molar-refractivity contribution in [2.75, 3.05) is 7.11 Å². The first-order chi connectivity index (χ1) is 12.2. The summed E-state index contributed by atoms with van der Waals surface area (Å²) in [7, 11) is 1.79. The fraction of sp³-hybridized carbons (Fsp3) is 0.526. The molecule has 4 rings (SSSR count). The van der Waals surface area contributed by atoms with Crippen LogP contribution in [0.15, 0.2) is 24.7 Å². The van der Waals surface area contributed by atoms with Gasteiger partial charge in [-0.15, -0.1) is 5.10 Å². The van der Waals surface area contributed by atoms with Crippen LogP contribution in [-0.2, 0) is 11.3 Å². The zero-order valence-corrected chi connectivity index (χ0v) is 15.1. The molecule has 1 saturated carbocycles. The largest absolute Gasteiger partial charge is 0.379 e. The van der Waals surface area contributed by atoms with Crippen LogP contribution in [0.1, 0.15) is 48.5 Å². The number of ether oxygens (including phenoxy) is 1. The molecule has 1 aliphatic carbocycles. The highest BCUT2D eigenvalue weighted by Gasteiger charge is 2.27. The predicted octanol–water partition coefficient (Wildman–Crippen LogP) is 3.42. The van der Waals surface area contributed by atoms with Gasteiger partial charge in [-0.25, -0.2) is 9.67 Å². The van der Waals surface area contributed by atoms with E-state index >= 15 is 0 Å². The van der Waals surface area contributed by atoms with Crippen LogP contribution in [0.2, 0.25) is 0 Å². The van der Waals surface area contributed by atoms with Crippen LogP contribution in [0.4, 0.5) is 0 Å². The Morgan fingerprint density at radius 1 is 1.16 bits per heavy atom. The van der Waals surface area contributed by atoms with E-state index < -0.39 is 0 Å². The molecule has 2 atom stereocenters. The summed E-state index contributed by atoms with van der Waals surface area (Å²) in [4.78, 5) is 4.53. The number of rotatable bonds is 4. The molecule has 0 spiro atoms. The number of benzene rings is 1. The second kappa shape index (κ2) is 6.59. The van der Waals surface area contributed by atoms with E-state index in [0.717, 1.165) is 29.6 Å². The molecule has 0 radical (unpaired) electrons. The summed E-state index contributed by atoms with van der Waals surface area (Å²) < 4.78 is 9.79. The monoisotopic (exact) mass is 339 g/mol. The lowest BCUT2D eigenvalue weighted by Gasteiger charge is -2.29. The average Bonchev–Trinajstić information content (AvgIpc) is 3.24. The number of hydrogen-bond donors (Lipinski definition) is 0. The Balaban J connectivity index is 1.58. The van der Waals surface area contributed by atoms with Crippen molar-refractivity contribution in [2.45, 2.75) is 58.2 Å². The van der Waals surface area contributed by atoms with Gasteiger partial charge in [0.1, 0.15) is 5.69 Å². The molecule has 6 nitrogen and oxygen atoms in total. The summed E-state index contributed by atoms with van der Waals surface area (Å²) >= 11 is 0. The Bertz CT molecular complexity index is 881. The fourth-order valence-corrected chi connectivity index (χ4v) is 3.82. The quantitative estimate of drug-likeness (QED) is 0.731. The number of hydrogen-bond acceptors (Lipinski definition) is 4. The van der Waals surface area contributed by atoms with Gasteiger partial charge < -0.3 is 9.30 Å². The van der Waals surface area contributed by atoms with Crippen LogP contribution in [-0.4, -0.2) is 37.8 Å². The Kier molecular flexibility index (Phi) is 4.29. The predicted molar refractivity (Wildman–Crippen MR) is 96.6 cm³/mol. The van der Waals surface area contributed by atoms with Gasteiger partial charge in [0, 0.05) is 7.11 Å². The number of aryl methyl sites for hydroxylation is 2. The number of fused-ring (bicyclic) bond motifs is 1. The highest BCUT2D eigenvalue weighted by atomic mass is 16.5. The van der Waals surface area contributed by atoms with Crippen LogP contribution in [0, 0.1) is 13.8 Å². The van der Waals surface area contributed by atoms with E-state index in [4.69, 9.17) is 4.74 Å².